The molecule has 0 aliphatic rings. The topological polar surface area (TPSA) is 78.0 Å². The molecule has 0 saturated carbocycles. The zero-order valence-corrected chi connectivity index (χ0v) is 13.0. The lowest BCUT2D eigenvalue weighted by Gasteiger charge is -2.19. The van der Waals surface area contributed by atoms with Crippen LogP contribution in [0.1, 0.15) is 27.5 Å². The van der Waals surface area contributed by atoms with Crippen LogP contribution in [0.2, 0.25) is 0 Å². The third kappa shape index (κ3) is 3.41. The second-order valence-corrected chi connectivity index (χ2v) is 5.49. The van der Waals surface area contributed by atoms with Gasteiger partial charge in [0.05, 0.1) is 0 Å². The van der Waals surface area contributed by atoms with Crippen molar-refractivity contribution >= 4 is 5.91 Å². The van der Waals surface area contributed by atoms with Crippen LogP contribution in [0.5, 0.6) is 0 Å². The molecule has 1 aromatic carbocycles. The Bertz CT molecular complexity index is 903. The van der Waals surface area contributed by atoms with Crippen LogP contribution >= 0.6 is 0 Å². The van der Waals surface area contributed by atoms with Crippen molar-refractivity contribution in [1.82, 2.24) is 9.55 Å². The summed E-state index contributed by atoms with van der Waals surface area (Å²) in [6.45, 7) is 0.464. The number of aromatic nitrogens is 2. The molecule has 2 N–H and O–H groups in total. The lowest BCUT2D eigenvalue weighted by Crippen LogP contribution is -2.22. The number of amides is 1. The summed E-state index contributed by atoms with van der Waals surface area (Å²) in [5.41, 5.74) is 7.43. The average molecular weight is 319 g/mol. The Balaban J connectivity index is 2.06. The number of carbonyl (C=O) groups is 1. The van der Waals surface area contributed by atoms with Crippen molar-refractivity contribution in [3.8, 4) is 0 Å². The second kappa shape index (κ2) is 6.91. The highest BCUT2D eigenvalue weighted by atomic mass is 16.1. The summed E-state index contributed by atoms with van der Waals surface area (Å²) in [7, 11) is 0. The monoisotopic (exact) mass is 319 g/mol. The van der Waals surface area contributed by atoms with Gasteiger partial charge in [-0.15, -0.1) is 0 Å². The first-order valence-corrected chi connectivity index (χ1v) is 7.61. The van der Waals surface area contributed by atoms with E-state index < -0.39 is 5.91 Å². The molecule has 1 atom stereocenters. The Hall–Kier alpha value is -3.21. The van der Waals surface area contributed by atoms with Crippen LogP contribution in [-0.2, 0) is 6.54 Å². The second-order valence-electron chi connectivity index (χ2n) is 5.49. The van der Waals surface area contributed by atoms with E-state index in [2.05, 4.69) is 4.98 Å². The van der Waals surface area contributed by atoms with E-state index in [9.17, 15) is 9.59 Å². The highest BCUT2D eigenvalue weighted by molar-refractivity contribution is 5.90. The van der Waals surface area contributed by atoms with Crippen molar-refractivity contribution in [1.29, 1.82) is 0 Å². The fourth-order valence-electron chi connectivity index (χ4n) is 2.70. The van der Waals surface area contributed by atoms with E-state index in [1.807, 2.05) is 42.5 Å². The SMILES string of the molecule is NC(=O)c1cc(C(Cn2ccccc2=O)c2ccccc2)ccn1. The fourth-order valence-corrected chi connectivity index (χ4v) is 2.70. The van der Waals surface area contributed by atoms with Gasteiger partial charge in [0.15, 0.2) is 0 Å². The van der Waals surface area contributed by atoms with Crippen molar-refractivity contribution < 1.29 is 4.79 Å². The predicted octanol–water partition coefficient (Wildman–Crippen LogP) is 2.17. The van der Waals surface area contributed by atoms with Crippen LogP contribution < -0.4 is 11.3 Å². The summed E-state index contributed by atoms with van der Waals surface area (Å²) in [6.07, 6.45) is 3.33. The van der Waals surface area contributed by atoms with Gasteiger partial charge in [-0.25, -0.2) is 0 Å². The number of hydrogen-bond donors (Lipinski definition) is 1. The first-order valence-electron chi connectivity index (χ1n) is 7.61. The lowest BCUT2D eigenvalue weighted by atomic mass is 9.91. The van der Waals surface area contributed by atoms with E-state index in [4.69, 9.17) is 5.73 Å². The fraction of sp³-hybridized carbons (Fsp3) is 0.105. The molecule has 0 aliphatic heterocycles. The Morgan fingerprint density at radius 3 is 2.50 bits per heavy atom. The molecule has 120 valence electrons. The molecule has 0 fully saturated rings. The van der Waals surface area contributed by atoms with E-state index in [1.165, 1.54) is 6.07 Å². The Labute approximate surface area is 139 Å². The maximum atomic E-state index is 12.1. The van der Waals surface area contributed by atoms with E-state index in [0.29, 0.717) is 6.54 Å². The minimum atomic E-state index is -0.569. The van der Waals surface area contributed by atoms with Gasteiger partial charge in [0.1, 0.15) is 5.69 Å². The van der Waals surface area contributed by atoms with Crippen molar-refractivity contribution in [2.45, 2.75) is 12.5 Å². The quantitative estimate of drug-likeness (QED) is 0.783. The summed E-state index contributed by atoms with van der Waals surface area (Å²) in [4.78, 5) is 27.5. The molecule has 5 heteroatoms. The molecule has 3 rings (SSSR count). The van der Waals surface area contributed by atoms with Crippen LogP contribution in [0.4, 0.5) is 0 Å². The van der Waals surface area contributed by atoms with E-state index in [0.717, 1.165) is 11.1 Å². The zero-order valence-electron chi connectivity index (χ0n) is 13.0. The molecule has 1 amide bonds. The van der Waals surface area contributed by atoms with Crippen LogP contribution in [-0.4, -0.2) is 15.5 Å². The number of primary amides is 1. The molecular formula is C19H17N3O2. The molecule has 0 bridgehead atoms. The maximum Gasteiger partial charge on any atom is 0.267 e. The van der Waals surface area contributed by atoms with Crippen molar-refractivity contribution in [2.24, 2.45) is 5.73 Å². The Morgan fingerprint density at radius 2 is 1.79 bits per heavy atom. The normalized spacial score (nSPS) is 11.8. The average Bonchev–Trinajstić information content (AvgIpc) is 2.62. The smallest absolute Gasteiger partial charge is 0.267 e. The summed E-state index contributed by atoms with van der Waals surface area (Å²) < 4.78 is 1.65. The molecular weight excluding hydrogens is 302 g/mol. The molecule has 3 aromatic rings. The van der Waals surface area contributed by atoms with Crippen LogP contribution in [0, 0.1) is 0 Å². The minimum absolute atomic E-state index is 0.0670. The van der Waals surface area contributed by atoms with E-state index in [-0.39, 0.29) is 17.2 Å². The van der Waals surface area contributed by atoms with Gasteiger partial charge in [-0.3, -0.25) is 14.6 Å². The summed E-state index contributed by atoms with van der Waals surface area (Å²) >= 11 is 0. The van der Waals surface area contributed by atoms with Crippen molar-refractivity contribution in [3.05, 3.63) is 100 Å². The molecule has 0 aliphatic carbocycles. The number of rotatable bonds is 5. The molecule has 0 spiro atoms. The number of pyridine rings is 2. The molecule has 0 saturated heterocycles. The van der Waals surface area contributed by atoms with Gasteiger partial charge in [-0.05, 0) is 29.3 Å². The van der Waals surface area contributed by atoms with Crippen molar-refractivity contribution in [3.63, 3.8) is 0 Å². The number of carbonyl (C=O) groups excluding carboxylic acids is 1. The summed E-state index contributed by atoms with van der Waals surface area (Å²) in [5, 5.41) is 0. The largest absolute Gasteiger partial charge is 0.364 e. The predicted molar refractivity (Wildman–Crippen MR) is 91.7 cm³/mol. The highest BCUT2D eigenvalue weighted by Gasteiger charge is 2.17. The van der Waals surface area contributed by atoms with Crippen LogP contribution in [0.15, 0.2) is 77.9 Å². The van der Waals surface area contributed by atoms with Crippen LogP contribution in [0.3, 0.4) is 0 Å². The van der Waals surface area contributed by atoms with Gasteiger partial charge in [0.2, 0.25) is 0 Å². The molecule has 2 heterocycles. The van der Waals surface area contributed by atoms with Gasteiger partial charge < -0.3 is 10.3 Å². The van der Waals surface area contributed by atoms with Crippen molar-refractivity contribution in [2.75, 3.05) is 0 Å². The first-order chi connectivity index (χ1) is 11.6. The molecule has 2 aromatic heterocycles. The Kier molecular flexibility index (Phi) is 4.52. The third-order valence-corrected chi connectivity index (χ3v) is 3.92. The molecule has 24 heavy (non-hydrogen) atoms. The molecule has 1 unspecified atom stereocenters. The highest BCUT2D eigenvalue weighted by Crippen LogP contribution is 2.26. The molecule has 5 nitrogen and oxygen atoms in total. The van der Waals surface area contributed by atoms with E-state index in [1.54, 1.807) is 29.1 Å². The van der Waals surface area contributed by atoms with Gasteiger partial charge >= 0.3 is 0 Å². The standard InChI is InChI=1S/C19H17N3O2/c20-19(24)17-12-15(9-10-21-17)16(14-6-2-1-3-7-14)13-22-11-5-4-8-18(22)23/h1-12,16H,13H2,(H2,20,24). The Morgan fingerprint density at radius 1 is 1.04 bits per heavy atom. The molecule has 0 radical (unpaired) electrons. The van der Waals surface area contributed by atoms with Gasteiger partial charge in [0.25, 0.3) is 11.5 Å². The minimum Gasteiger partial charge on any atom is -0.364 e. The maximum absolute atomic E-state index is 12.1. The number of nitrogens with zero attached hydrogens (tertiary/aromatic N) is 2. The van der Waals surface area contributed by atoms with Gasteiger partial charge in [-0.2, -0.15) is 0 Å². The van der Waals surface area contributed by atoms with Gasteiger partial charge in [0, 0.05) is 30.9 Å². The van der Waals surface area contributed by atoms with Gasteiger partial charge in [-0.1, -0.05) is 36.4 Å². The number of nitrogens with two attached hydrogens (primary N) is 1. The number of benzene rings is 1. The number of hydrogen-bond acceptors (Lipinski definition) is 3. The van der Waals surface area contributed by atoms with E-state index >= 15 is 0 Å². The van der Waals surface area contributed by atoms with Crippen LogP contribution in [0.25, 0.3) is 0 Å². The zero-order chi connectivity index (χ0) is 16.9. The summed E-state index contributed by atoms with van der Waals surface area (Å²) in [6, 6.07) is 18.5. The lowest BCUT2D eigenvalue weighted by molar-refractivity contribution is 0.0995. The first kappa shape index (κ1) is 15.7. The third-order valence-electron chi connectivity index (χ3n) is 3.92. The summed E-state index contributed by atoms with van der Waals surface area (Å²) in [5.74, 6) is -0.659.